The number of halogens is 1. The Morgan fingerprint density at radius 3 is 2.67 bits per heavy atom. The summed E-state index contributed by atoms with van der Waals surface area (Å²) in [6.45, 7) is 7.54. The van der Waals surface area contributed by atoms with Gasteiger partial charge in [0.15, 0.2) is 0 Å². The molecule has 1 heterocycles. The van der Waals surface area contributed by atoms with Gasteiger partial charge in [-0.1, -0.05) is 19.8 Å². The summed E-state index contributed by atoms with van der Waals surface area (Å²) in [6, 6.07) is 0.446. The van der Waals surface area contributed by atoms with Gasteiger partial charge in [0.2, 0.25) is 0 Å². The largest absolute Gasteiger partial charge is 0.383 e. The monoisotopic (exact) mass is 231 g/mol. The van der Waals surface area contributed by atoms with E-state index in [2.05, 4.69) is 37.4 Å². The lowest BCUT2D eigenvalue weighted by Crippen LogP contribution is -2.01. The van der Waals surface area contributed by atoms with Gasteiger partial charge in [0.25, 0.3) is 0 Å². The van der Waals surface area contributed by atoms with Crippen LogP contribution in [0.15, 0.2) is 12.4 Å². The van der Waals surface area contributed by atoms with Crippen LogP contribution in [0.25, 0.3) is 0 Å². The van der Waals surface area contributed by atoms with E-state index >= 15 is 0 Å². The van der Waals surface area contributed by atoms with E-state index in [0.29, 0.717) is 6.04 Å². The van der Waals surface area contributed by atoms with Crippen molar-refractivity contribution in [3.05, 3.63) is 12.4 Å². The van der Waals surface area contributed by atoms with Crippen molar-refractivity contribution < 1.29 is 0 Å². The van der Waals surface area contributed by atoms with Crippen molar-refractivity contribution >= 4 is 18.1 Å². The molecule has 88 valence electrons. The number of unbranched alkanes of at least 4 members (excludes halogenated alkanes) is 2. The molecule has 0 atom stereocenters. The highest BCUT2D eigenvalue weighted by molar-refractivity contribution is 5.85. The second-order valence-corrected chi connectivity index (χ2v) is 3.94. The summed E-state index contributed by atoms with van der Waals surface area (Å²) in [6.07, 6.45) is 7.77. The van der Waals surface area contributed by atoms with Crippen LogP contribution in [0.1, 0.15) is 46.1 Å². The van der Waals surface area contributed by atoms with E-state index in [1.807, 2.05) is 10.9 Å². The Labute approximate surface area is 98.7 Å². The molecule has 4 heteroatoms. The van der Waals surface area contributed by atoms with E-state index in [9.17, 15) is 0 Å². The van der Waals surface area contributed by atoms with E-state index in [0.717, 1.165) is 12.2 Å². The summed E-state index contributed by atoms with van der Waals surface area (Å²) in [5.74, 6) is 0. The van der Waals surface area contributed by atoms with E-state index in [-0.39, 0.29) is 12.4 Å². The predicted octanol–water partition coefficient (Wildman–Crippen LogP) is 3.49. The van der Waals surface area contributed by atoms with Crippen molar-refractivity contribution in [2.45, 2.75) is 46.1 Å². The smallest absolute Gasteiger partial charge is 0.0726 e. The molecule has 0 unspecified atom stereocenters. The molecule has 0 bridgehead atoms. The summed E-state index contributed by atoms with van der Waals surface area (Å²) in [4.78, 5) is 0. The summed E-state index contributed by atoms with van der Waals surface area (Å²) < 4.78 is 1.97. The summed E-state index contributed by atoms with van der Waals surface area (Å²) >= 11 is 0. The lowest BCUT2D eigenvalue weighted by molar-refractivity contribution is 0.532. The van der Waals surface area contributed by atoms with Gasteiger partial charge in [-0.3, -0.25) is 4.68 Å². The maximum Gasteiger partial charge on any atom is 0.0726 e. The Bertz CT molecular complexity index is 258. The minimum absolute atomic E-state index is 0. The van der Waals surface area contributed by atoms with E-state index in [1.165, 1.54) is 19.3 Å². The number of hydrogen-bond donors (Lipinski definition) is 1. The summed E-state index contributed by atoms with van der Waals surface area (Å²) in [5, 5.41) is 7.64. The average Bonchev–Trinajstić information content (AvgIpc) is 2.61. The molecule has 0 aliphatic carbocycles. The third-order valence-electron chi connectivity index (χ3n) is 2.24. The van der Waals surface area contributed by atoms with Crippen molar-refractivity contribution in [2.24, 2.45) is 0 Å². The van der Waals surface area contributed by atoms with Gasteiger partial charge in [-0.15, -0.1) is 12.4 Å². The third-order valence-corrected chi connectivity index (χ3v) is 2.24. The van der Waals surface area contributed by atoms with Crippen LogP contribution in [0, 0.1) is 0 Å². The highest BCUT2D eigenvalue weighted by Gasteiger charge is 1.99. The zero-order valence-electron chi connectivity index (χ0n) is 9.86. The molecule has 1 rings (SSSR count). The quantitative estimate of drug-likeness (QED) is 0.760. The highest BCUT2D eigenvalue weighted by Crippen LogP contribution is 2.09. The molecule has 15 heavy (non-hydrogen) atoms. The van der Waals surface area contributed by atoms with Crippen LogP contribution < -0.4 is 5.32 Å². The molecule has 0 aromatic carbocycles. The van der Waals surface area contributed by atoms with Gasteiger partial charge in [-0.05, 0) is 20.3 Å². The lowest BCUT2D eigenvalue weighted by atomic mass is 10.2. The van der Waals surface area contributed by atoms with Crippen molar-refractivity contribution in [3.8, 4) is 0 Å². The minimum Gasteiger partial charge on any atom is -0.383 e. The third kappa shape index (κ3) is 5.07. The van der Waals surface area contributed by atoms with Crippen molar-refractivity contribution in [1.82, 2.24) is 9.78 Å². The zero-order chi connectivity index (χ0) is 10.4. The number of rotatable bonds is 6. The Balaban J connectivity index is 0.00000196. The second-order valence-electron chi connectivity index (χ2n) is 3.94. The first-order chi connectivity index (χ1) is 6.74. The first kappa shape index (κ1) is 14.3. The molecular weight excluding hydrogens is 210 g/mol. The summed E-state index contributed by atoms with van der Waals surface area (Å²) in [5.41, 5.74) is 1.13. The van der Waals surface area contributed by atoms with Crippen LogP contribution in [0.4, 0.5) is 5.69 Å². The standard InChI is InChI=1S/C11H21N3.ClH/c1-4-5-6-7-12-11-8-13-14(9-11)10(2)3;/h8-10,12H,4-7H2,1-3H3;1H. The number of hydrogen-bond acceptors (Lipinski definition) is 2. The molecule has 0 aliphatic rings. The van der Waals surface area contributed by atoms with Crippen LogP contribution in [-0.2, 0) is 0 Å². The van der Waals surface area contributed by atoms with Gasteiger partial charge in [0.05, 0.1) is 11.9 Å². The Hall–Kier alpha value is -0.700. The molecule has 0 saturated heterocycles. The van der Waals surface area contributed by atoms with Crippen molar-refractivity contribution in [1.29, 1.82) is 0 Å². The normalized spacial score (nSPS) is 10.1. The first-order valence-corrected chi connectivity index (χ1v) is 5.52. The van der Waals surface area contributed by atoms with Crippen LogP contribution in [0.5, 0.6) is 0 Å². The van der Waals surface area contributed by atoms with Gasteiger partial charge in [-0.25, -0.2) is 0 Å². The maximum atomic E-state index is 4.27. The number of nitrogens with zero attached hydrogens (tertiary/aromatic N) is 2. The Morgan fingerprint density at radius 1 is 1.40 bits per heavy atom. The SMILES string of the molecule is CCCCCNc1cnn(C(C)C)c1.Cl. The van der Waals surface area contributed by atoms with Crippen LogP contribution in [0.3, 0.4) is 0 Å². The number of aromatic nitrogens is 2. The van der Waals surface area contributed by atoms with Gasteiger partial charge >= 0.3 is 0 Å². The molecule has 1 N–H and O–H groups in total. The highest BCUT2D eigenvalue weighted by atomic mass is 35.5. The fourth-order valence-electron chi connectivity index (χ4n) is 1.32. The van der Waals surface area contributed by atoms with Gasteiger partial charge in [-0.2, -0.15) is 5.10 Å². The second kappa shape index (κ2) is 7.57. The molecule has 1 aromatic rings. The molecule has 0 saturated carbocycles. The molecule has 0 amide bonds. The molecule has 3 nitrogen and oxygen atoms in total. The molecule has 0 spiro atoms. The minimum atomic E-state index is 0. The molecule has 0 fully saturated rings. The molecule has 0 aliphatic heterocycles. The molecule has 1 aromatic heterocycles. The van der Waals surface area contributed by atoms with Gasteiger partial charge in [0.1, 0.15) is 0 Å². The van der Waals surface area contributed by atoms with E-state index < -0.39 is 0 Å². The summed E-state index contributed by atoms with van der Waals surface area (Å²) in [7, 11) is 0. The van der Waals surface area contributed by atoms with Crippen molar-refractivity contribution in [2.75, 3.05) is 11.9 Å². The first-order valence-electron chi connectivity index (χ1n) is 5.52. The fraction of sp³-hybridized carbons (Fsp3) is 0.727. The Morgan fingerprint density at radius 2 is 2.13 bits per heavy atom. The van der Waals surface area contributed by atoms with Crippen LogP contribution in [-0.4, -0.2) is 16.3 Å². The number of anilines is 1. The number of nitrogens with one attached hydrogen (secondary N) is 1. The molecule has 0 radical (unpaired) electrons. The lowest BCUT2D eigenvalue weighted by Gasteiger charge is -2.04. The van der Waals surface area contributed by atoms with Crippen LogP contribution >= 0.6 is 12.4 Å². The topological polar surface area (TPSA) is 29.9 Å². The fourth-order valence-corrected chi connectivity index (χ4v) is 1.32. The average molecular weight is 232 g/mol. The molecular formula is C11H22ClN3. The Kier molecular flexibility index (Phi) is 7.22. The van der Waals surface area contributed by atoms with E-state index in [1.54, 1.807) is 0 Å². The van der Waals surface area contributed by atoms with Gasteiger partial charge in [0, 0.05) is 18.8 Å². The van der Waals surface area contributed by atoms with E-state index in [4.69, 9.17) is 0 Å². The zero-order valence-corrected chi connectivity index (χ0v) is 10.7. The van der Waals surface area contributed by atoms with Crippen LogP contribution in [0.2, 0.25) is 0 Å². The maximum absolute atomic E-state index is 4.27. The predicted molar refractivity (Wildman–Crippen MR) is 67.9 cm³/mol. The van der Waals surface area contributed by atoms with Crippen molar-refractivity contribution in [3.63, 3.8) is 0 Å². The van der Waals surface area contributed by atoms with Gasteiger partial charge < -0.3 is 5.32 Å².